The maximum Gasteiger partial charge on any atom is 0.287 e. The van der Waals surface area contributed by atoms with E-state index in [4.69, 9.17) is 0 Å². The van der Waals surface area contributed by atoms with Crippen molar-refractivity contribution >= 4 is 5.65 Å². The Labute approximate surface area is 71.9 Å². The molecule has 0 spiro atoms. The van der Waals surface area contributed by atoms with Crippen LogP contribution in [0.25, 0.3) is 5.65 Å². The molecule has 62 valence electrons. The largest absolute Gasteiger partial charge is 0.287 e. The van der Waals surface area contributed by atoms with Crippen LogP contribution < -0.4 is 4.40 Å². The van der Waals surface area contributed by atoms with Gasteiger partial charge in [-0.25, -0.2) is 9.38 Å². The second kappa shape index (κ2) is 2.63. The minimum Gasteiger partial charge on any atom is -0.243 e. The minimum atomic E-state index is 0.569. The molecule has 12 heavy (non-hydrogen) atoms. The summed E-state index contributed by atoms with van der Waals surface area (Å²) >= 11 is 0. The summed E-state index contributed by atoms with van der Waals surface area (Å²) in [5, 5.41) is 0. The first kappa shape index (κ1) is 7.35. The molecule has 0 aliphatic heterocycles. The Morgan fingerprint density at radius 1 is 1.33 bits per heavy atom. The molecular formula is C10H13N2+. The molecule has 2 heteroatoms. The van der Waals surface area contributed by atoms with E-state index in [1.165, 1.54) is 11.2 Å². The van der Waals surface area contributed by atoms with Crippen molar-refractivity contribution in [3.05, 3.63) is 36.3 Å². The number of pyridine rings is 1. The molecule has 2 aromatic heterocycles. The maximum atomic E-state index is 3.23. The molecule has 0 aromatic carbocycles. The summed E-state index contributed by atoms with van der Waals surface area (Å²) in [6.45, 7) is 4.41. The van der Waals surface area contributed by atoms with Crippen LogP contribution in [0.5, 0.6) is 0 Å². The summed E-state index contributed by atoms with van der Waals surface area (Å²) in [5.74, 6) is 0.569. The molecule has 1 N–H and O–H groups in total. The third-order valence-corrected chi connectivity index (χ3v) is 2.13. The Morgan fingerprint density at radius 3 is 2.92 bits per heavy atom. The molecule has 2 rings (SSSR count). The lowest BCUT2D eigenvalue weighted by atomic mass is 10.1. The number of nitrogens with zero attached hydrogens (tertiary/aromatic N) is 1. The van der Waals surface area contributed by atoms with E-state index in [2.05, 4.69) is 41.6 Å². The van der Waals surface area contributed by atoms with Gasteiger partial charge in [-0.05, 0) is 18.1 Å². The summed E-state index contributed by atoms with van der Waals surface area (Å²) in [7, 11) is 0. The maximum absolute atomic E-state index is 3.23. The molecule has 2 nitrogen and oxygen atoms in total. The molecule has 2 heterocycles. The van der Waals surface area contributed by atoms with Crippen LogP contribution in [0.4, 0.5) is 0 Å². The fraction of sp³-hybridized carbons (Fsp3) is 0.300. The van der Waals surface area contributed by atoms with Gasteiger partial charge in [-0.3, -0.25) is 0 Å². The average molecular weight is 161 g/mol. The number of imidazole rings is 1. The lowest BCUT2D eigenvalue weighted by Crippen LogP contribution is -2.18. The number of aromatic nitrogens is 2. The van der Waals surface area contributed by atoms with Crippen molar-refractivity contribution in [2.75, 3.05) is 0 Å². The van der Waals surface area contributed by atoms with Gasteiger partial charge in [0.15, 0.2) is 0 Å². The van der Waals surface area contributed by atoms with Crippen molar-refractivity contribution in [3.8, 4) is 0 Å². The fourth-order valence-electron chi connectivity index (χ4n) is 1.49. The Bertz CT molecular complexity index is 387. The molecule has 0 saturated carbocycles. The van der Waals surface area contributed by atoms with Gasteiger partial charge in [-0.15, -0.1) is 0 Å². The van der Waals surface area contributed by atoms with E-state index < -0.39 is 0 Å². The topological polar surface area (TPSA) is 19.9 Å². The predicted octanol–water partition coefficient (Wildman–Crippen LogP) is 1.88. The summed E-state index contributed by atoms with van der Waals surface area (Å²) in [6, 6.07) is 4.24. The lowest BCUT2D eigenvalue weighted by Gasteiger charge is -2.01. The molecule has 2 aromatic rings. The third kappa shape index (κ3) is 0.998. The van der Waals surface area contributed by atoms with E-state index in [0.29, 0.717) is 5.92 Å². The molecule has 0 atom stereocenters. The highest BCUT2D eigenvalue weighted by Crippen LogP contribution is 2.15. The second-order valence-corrected chi connectivity index (χ2v) is 3.33. The van der Waals surface area contributed by atoms with Crippen molar-refractivity contribution in [2.45, 2.75) is 19.8 Å². The molecule has 0 amide bonds. The summed E-state index contributed by atoms with van der Waals surface area (Å²) in [4.78, 5) is 3.23. The fourth-order valence-corrected chi connectivity index (χ4v) is 1.49. The van der Waals surface area contributed by atoms with E-state index in [9.17, 15) is 0 Å². The van der Waals surface area contributed by atoms with Crippen molar-refractivity contribution in [3.63, 3.8) is 0 Å². The number of hydrogen-bond donors (Lipinski definition) is 1. The molecular weight excluding hydrogens is 148 g/mol. The summed E-state index contributed by atoms with van der Waals surface area (Å²) in [5.41, 5.74) is 2.56. The van der Waals surface area contributed by atoms with Crippen LogP contribution in [0.1, 0.15) is 25.3 Å². The van der Waals surface area contributed by atoms with Crippen LogP contribution in [0, 0.1) is 0 Å². The zero-order chi connectivity index (χ0) is 8.55. The standard InChI is InChI=1S/C10H12N2/c1-8(2)9-4-3-6-12-7-5-11-10(9)12/h3-8H,1-2H3/p+1. The summed E-state index contributed by atoms with van der Waals surface area (Å²) in [6.07, 6.45) is 6.04. The first-order valence-electron chi connectivity index (χ1n) is 4.26. The zero-order valence-corrected chi connectivity index (χ0v) is 7.41. The van der Waals surface area contributed by atoms with Gasteiger partial charge in [0.1, 0.15) is 12.4 Å². The van der Waals surface area contributed by atoms with Gasteiger partial charge < -0.3 is 0 Å². The van der Waals surface area contributed by atoms with Crippen molar-refractivity contribution in [1.82, 2.24) is 4.98 Å². The molecule has 0 unspecified atom stereocenters. The molecule has 0 aliphatic rings. The number of aromatic amines is 1. The highest BCUT2D eigenvalue weighted by atomic mass is 15.0. The van der Waals surface area contributed by atoms with Gasteiger partial charge in [0, 0.05) is 5.56 Å². The van der Waals surface area contributed by atoms with Gasteiger partial charge in [-0.2, -0.15) is 0 Å². The van der Waals surface area contributed by atoms with Crippen LogP contribution in [0.3, 0.4) is 0 Å². The van der Waals surface area contributed by atoms with Crippen molar-refractivity contribution in [2.24, 2.45) is 0 Å². The molecule has 0 radical (unpaired) electrons. The zero-order valence-electron chi connectivity index (χ0n) is 7.41. The molecule has 0 bridgehead atoms. The highest BCUT2D eigenvalue weighted by Gasteiger charge is 2.10. The quantitative estimate of drug-likeness (QED) is 0.616. The number of fused-ring (bicyclic) bond motifs is 1. The van der Waals surface area contributed by atoms with Gasteiger partial charge in [-0.1, -0.05) is 13.8 Å². The van der Waals surface area contributed by atoms with Gasteiger partial charge in [0.05, 0.1) is 6.20 Å². The number of H-pyrrole nitrogens is 1. The van der Waals surface area contributed by atoms with E-state index in [1.54, 1.807) is 0 Å². The third-order valence-electron chi connectivity index (χ3n) is 2.13. The Kier molecular flexibility index (Phi) is 1.61. The van der Waals surface area contributed by atoms with Gasteiger partial charge in [0.25, 0.3) is 5.65 Å². The predicted molar refractivity (Wildman–Crippen MR) is 48.0 cm³/mol. The van der Waals surface area contributed by atoms with Crippen molar-refractivity contribution < 1.29 is 4.40 Å². The van der Waals surface area contributed by atoms with Crippen LogP contribution >= 0.6 is 0 Å². The van der Waals surface area contributed by atoms with Gasteiger partial charge in [0.2, 0.25) is 0 Å². The first-order chi connectivity index (χ1) is 5.79. The molecule has 0 fully saturated rings. The van der Waals surface area contributed by atoms with Crippen LogP contribution in [0.15, 0.2) is 30.7 Å². The Morgan fingerprint density at radius 2 is 2.17 bits per heavy atom. The average Bonchev–Trinajstić information content (AvgIpc) is 2.49. The van der Waals surface area contributed by atoms with Crippen LogP contribution in [-0.4, -0.2) is 4.98 Å². The normalized spacial score (nSPS) is 11.2. The van der Waals surface area contributed by atoms with E-state index in [0.717, 1.165) is 0 Å². The van der Waals surface area contributed by atoms with E-state index in [1.807, 2.05) is 12.4 Å². The summed E-state index contributed by atoms with van der Waals surface area (Å²) < 4.78 is 2.11. The SMILES string of the molecule is CC(C)c1ccc[n+]2cc[nH]c12. The van der Waals surface area contributed by atoms with Crippen LogP contribution in [-0.2, 0) is 0 Å². The number of hydrogen-bond acceptors (Lipinski definition) is 0. The number of nitrogens with one attached hydrogen (secondary N) is 1. The smallest absolute Gasteiger partial charge is 0.243 e. The van der Waals surface area contributed by atoms with E-state index in [-0.39, 0.29) is 0 Å². The first-order valence-corrected chi connectivity index (χ1v) is 4.26. The van der Waals surface area contributed by atoms with Crippen molar-refractivity contribution in [1.29, 1.82) is 0 Å². The molecule has 0 saturated heterocycles. The number of rotatable bonds is 1. The van der Waals surface area contributed by atoms with E-state index >= 15 is 0 Å². The molecule has 0 aliphatic carbocycles. The Hall–Kier alpha value is -1.31. The lowest BCUT2D eigenvalue weighted by molar-refractivity contribution is -0.510. The highest BCUT2D eigenvalue weighted by molar-refractivity contribution is 5.41. The second-order valence-electron chi connectivity index (χ2n) is 3.33. The monoisotopic (exact) mass is 161 g/mol. The van der Waals surface area contributed by atoms with Gasteiger partial charge >= 0.3 is 0 Å². The van der Waals surface area contributed by atoms with Crippen LogP contribution in [0.2, 0.25) is 0 Å². The Balaban J connectivity index is 2.73. The minimum absolute atomic E-state index is 0.569.